The number of rotatable bonds is 5. The molecule has 0 aliphatic carbocycles. The fraction of sp³-hybridized carbons (Fsp3) is 0.409. The second kappa shape index (κ2) is 8.61. The van der Waals surface area contributed by atoms with Crippen LogP contribution < -0.4 is 10.2 Å². The molecule has 154 valence electrons. The van der Waals surface area contributed by atoms with Gasteiger partial charge in [0.2, 0.25) is 5.91 Å². The van der Waals surface area contributed by atoms with Gasteiger partial charge in [-0.25, -0.2) is 0 Å². The zero-order valence-corrected chi connectivity index (χ0v) is 17.4. The van der Waals surface area contributed by atoms with Crippen molar-refractivity contribution in [3.8, 4) is 0 Å². The number of carbonyl (C=O) groups excluding carboxylic acids is 1. The van der Waals surface area contributed by atoms with Crippen LogP contribution in [0.15, 0.2) is 36.4 Å². The Morgan fingerprint density at radius 2 is 1.59 bits per heavy atom. The summed E-state index contributed by atoms with van der Waals surface area (Å²) in [5.41, 5.74) is 5.31. The molecule has 1 N–H and O–H groups in total. The van der Waals surface area contributed by atoms with Crippen LogP contribution >= 0.6 is 0 Å². The smallest absolute Gasteiger partial charge is 0.269 e. The number of benzene rings is 2. The van der Waals surface area contributed by atoms with Crippen LogP contribution in [-0.4, -0.2) is 48.0 Å². The van der Waals surface area contributed by atoms with Crippen LogP contribution in [0.4, 0.5) is 17.1 Å². The zero-order chi connectivity index (χ0) is 21.1. The van der Waals surface area contributed by atoms with Crippen LogP contribution in [0.1, 0.15) is 23.6 Å². The number of non-ortho nitro benzene ring substituents is 1. The van der Waals surface area contributed by atoms with E-state index in [4.69, 9.17) is 0 Å². The summed E-state index contributed by atoms with van der Waals surface area (Å²) in [6, 6.07) is 10.6. The molecule has 1 atom stereocenters. The van der Waals surface area contributed by atoms with E-state index >= 15 is 0 Å². The lowest BCUT2D eigenvalue weighted by Gasteiger charge is -2.38. The van der Waals surface area contributed by atoms with Crippen molar-refractivity contribution in [3.63, 3.8) is 0 Å². The molecule has 29 heavy (non-hydrogen) atoms. The number of hydrogen-bond donors (Lipinski definition) is 1. The van der Waals surface area contributed by atoms with Gasteiger partial charge in [-0.1, -0.05) is 17.7 Å². The van der Waals surface area contributed by atoms with Gasteiger partial charge in [0.25, 0.3) is 5.69 Å². The maximum absolute atomic E-state index is 12.8. The summed E-state index contributed by atoms with van der Waals surface area (Å²) < 4.78 is 0. The van der Waals surface area contributed by atoms with Crippen molar-refractivity contribution < 1.29 is 9.72 Å². The topological polar surface area (TPSA) is 78.7 Å². The van der Waals surface area contributed by atoms with E-state index in [1.54, 1.807) is 12.1 Å². The quantitative estimate of drug-likeness (QED) is 0.616. The third-order valence-corrected chi connectivity index (χ3v) is 5.59. The number of aryl methyl sites for hydroxylation is 3. The minimum atomic E-state index is -0.389. The van der Waals surface area contributed by atoms with Gasteiger partial charge >= 0.3 is 0 Å². The van der Waals surface area contributed by atoms with Crippen molar-refractivity contribution in [2.24, 2.45) is 0 Å². The predicted molar refractivity (Wildman–Crippen MR) is 116 cm³/mol. The van der Waals surface area contributed by atoms with E-state index < -0.39 is 0 Å². The highest BCUT2D eigenvalue weighted by Crippen LogP contribution is 2.24. The number of carbonyl (C=O) groups is 1. The standard InChI is InChI=1S/C22H28N4O3/c1-15-13-16(2)21(17(3)14-15)23-22(27)18(4)24-9-11-25(12-10-24)19-5-7-20(8-6-19)26(28)29/h5-8,13-14,18H,9-12H2,1-4H3,(H,23,27)/t18-/m0/s1. The van der Waals surface area contributed by atoms with Crippen LogP contribution in [0.3, 0.4) is 0 Å². The van der Waals surface area contributed by atoms with Gasteiger partial charge in [-0.05, 0) is 51.0 Å². The highest BCUT2D eigenvalue weighted by Gasteiger charge is 2.26. The average Bonchev–Trinajstić information content (AvgIpc) is 2.70. The highest BCUT2D eigenvalue weighted by atomic mass is 16.6. The van der Waals surface area contributed by atoms with Crippen molar-refractivity contribution in [3.05, 3.63) is 63.2 Å². The normalized spacial score (nSPS) is 15.8. The molecule has 1 aliphatic heterocycles. The summed E-state index contributed by atoms with van der Waals surface area (Å²) in [5.74, 6) is 0.00355. The number of nitrogens with one attached hydrogen (secondary N) is 1. The minimum Gasteiger partial charge on any atom is -0.369 e. The largest absolute Gasteiger partial charge is 0.369 e. The van der Waals surface area contributed by atoms with Crippen LogP contribution in [0.5, 0.6) is 0 Å². The molecule has 1 fully saturated rings. The number of piperazine rings is 1. The summed E-state index contributed by atoms with van der Waals surface area (Å²) in [7, 11) is 0. The van der Waals surface area contributed by atoms with Gasteiger partial charge < -0.3 is 10.2 Å². The van der Waals surface area contributed by atoms with Gasteiger partial charge in [-0.2, -0.15) is 0 Å². The molecule has 2 aromatic rings. The molecule has 0 radical (unpaired) electrons. The predicted octanol–water partition coefficient (Wildman–Crippen LogP) is 3.67. The molecular weight excluding hydrogens is 368 g/mol. The lowest BCUT2D eigenvalue weighted by atomic mass is 10.0. The monoisotopic (exact) mass is 396 g/mol. The Bertz CT molecular complexity index is 880. The summed E-state index contributed by atoms with van der Waals surface area (Å²) in [6.45, 7) is 11.1. The Labute approximate surface area is 171 Å². The van der Waals surface area contributed by atoms with Crippen LogP contribution in [-0.2, 0) is 4.79 Å². The number of hydrogen-bond acceptors (Lipinski definition) is 5. The van der Waals surface area contributed by atoms with Crippen LogP contribution in [0.2, 0.25) is 0 Å². The molecule has 0 aromatic heterocycles. The minimum absolute atomic E-state index is 0.00355. The molecule has 0 bridgehead atoms. The molecule has 3 rings (SSSR count). The Morgan fingerprint density at radius 1 is 1.03 bits per heavy atom. The third kappa shape index (κ3) is 4.74. The van der Waals surface area contributed by atoms with Gasteiger partial charge in [0.15, 0.2) is 0 Å². The molecule has 2 aromatic carbocycles. The summed E-state index contributed by atoms with van der Waals surface area (Å²) >= 11 is 0. The van der Waals surface area contributed by atoms with Crippen LogP contribution in [0, 0.1) is 30.9 Å². The maximum Gasteiger partial charge on any atom is 0.269 e. The van der Waals surface area contributed by atoms with Crippen LogP contribution in [0.25, 0.3) is 0 Å². The number of nitro benzene ring substituents is 1. The van der Waals surface area contributed by atoms with E-state index in [0.717, 1.165) is 48.7 Å². The summed E-state index contributed by atoms with van der Waals surface area (Å²) in [6.07, 6.45) is 0. The van der Waals surface area contributed by atoms with E-state index in [2.05, 4.69) is 34.2 Å². The lowest BCUT2D eigenvalue weighted by Crippen LogP contribution is -2.52. The molecule has 0 saturated carbocycles. The van der Waals surface area contributed by atoms with Crippen molar-refractivity contribution >= 4 is 23.0 Å². The number of amides is 1. The van der Waals surface area contributed by atoms with E-state index in [-0.39, 0.29) is 22.6 Å². The Morgan fingerprint density at radius 3 is 2.10 bits per heavy atom. The Balaban J connectivity index is 1.59. The maximum atomic E-state index is 12.8. The highest BCUT2D eigenvalue weighted by molar-refractivity contribution is 5.96. The number of anilines is 2. The van der Waals surface area contributed by atoms with Gasteiger partial charge in [0.1, 0.15) is 0 Å². The average molecular weight is 396 g/mol. The van der Waals surface area contributed by atoms with Gasteiger partial charge in [0, 0.05) is 49.7 Å². The fourth-order valence-electron chi connectivity index (χ4n) is 3.92. The van der Waals surface area contributed by atoms with Gasteiger partial charge in [0.05, 0.1) is 11.0 Å². The molecule has 1 amide bonds. The van der Waals surface area contributed by atoms with Crippen molar-refractivity contribution in [1.29, 1.82) is 0 Å². The molecular formula is C22H28N4O3. The first-order chi connectivity index (χ1) is 13.8. The second-order valence-electron chi connectivity index (χ2n) is 7.74. The van der Waals surface area contributed by atoms with E-state index in [1.165, 1.54) is 17.7 Å². The third-order valence-electron chi connectivity index (χ3n) is 5.59. The fourth-order valence-corrected chi connectivity index (χ4v) is 3.92. The van der Waals surface area contributed by atoms with Crippen molar-refractivity contribution in [1.82, 2.24) is 4.90 Å². The molecule has 1 heterocycles. The van der Waals surface area contributed by atoms with Gasteiger partial charge in [-0.3, -0.25) is 19.8 Å². The van der Waals surface area contributed by atoms with Crippen molar-refractivity contribution in [2.45, 2.75) is 33.7 Å². The lowest BCUT2D eigenvalue weighted by molar-refractivity contribution is -0.384. The molecule has 1 aliphatic rings. The zero-order valence-electron chi connectivity index (χ0n) is 17.4. The molecule has 0 spiro atoms. The first-order valence-electron chi connectivity index (χ1n) is 9.88. The van der Waals surface area contributed by atoms with E-state index in [9.17, 15) is 14.9 Å². The molecule has 1 saturated heterocycles. The molecule has 7 heteroatoms. The first kappa shape index (κ1) is 20.8. The molecule has 0 unspecified atom stereocenters. The number of nitrogens with zero attached hydrogens (tertiary/aromatic N) is 3. The summed E-state index contributed by atoms with van der Waals surface area (Å²) in [4.78, 5) is 27.6. The second-order valence-corrected chi connectivity index (χ2v) is 7.74. The number of nitro groups is 1. The molecule has 7 nitrogen and oxygen atoms in total. The van der Waals surface area contributed by atoms with Crippen molar-refractivity contribution in [2.75, 3.05) is 36.4 Å². The van der Waals surface area contributed by atoms with E-state index in [0.29, 0.717) is 0 Å². The SMILES string of the molecule is Cc1cc(C)c(NC(=O)[C@H](C)N2CCN(c3ccc([N+](=O)[O-])cc3)CC2)c(C)c1. The van der Waals surface area contributed by atoms with Gasteiger partial charge in [-0.15, -0.1) is 0 Å². The Hall–Kier alpha value is -2.93. The summed E-state index contributed by atoms with van der Waals surface area (Å²) in [5, 5.41) is 13.9. The first-order valence-corrected chi connectivity index (χ1v) is 9.88. The Kier molecular flexibility index (Phi) is 6.17. The van der Waals surface area contributed by atoms with E-state index in [1.807, 2.05) is 20.8 Å².